The van der Waals surface area contributed by atoms with Gasteiger partial charge in [-0.2, -0.15) is 0 Å². The number of anilines is 2. The first kappa shape index (κ1) is 14.1. The Morgan fingerprint density at radius 3 is 2.81 bits per heavy atom. The van der Waals surface area contributed by atoms with Gasteiger partial charge in [-0.25, -0.2) is 0 Å². The fourth-order valence-corrected chi connectivity index (χ4v) is 2.96. The maximum absolute atomic E-state index is 8.82. The van der Waals surface area contributed by atoms with E-state index in [1.165, 1.54) is 0 Å². The molecular weight excluding hydrogens is 266 g/mol. The van der Waals surface area contributed by atoms with E-state index in [1.54, 1.807) is 6.20 Å². The molecule has 112 valence electrons. The van der Waals surface area contributed by atoms with Crippen LogP contribution in [0.1, 0.15) is 12.8 Å². The van der Waals surface area contributed by atoms with Crippen LogP contribution in [0.25, 0.3) is 10.9 Å². The zero-order chi connectivity index (χ0) is 14.7. The summed E-state index contributed by atoms with van der Waals surface area (Å²) in [7, 11) is 0. The van der Waals surface area contributed by atoms with Gasteiger partial charge in [0.25, 0.3) is 0 Å². The second kappa shape index (κ2) is 6.28. The monoisotopic (exact) mass is 287 g/mol. The number of fused-ring (bicyclic) bond motifs is 1. The van der Waals surface area contributed by atoms with Crippen LogP contribution in [0.15, 0.2) is 30.5 Å². The number of piperidine rings is 1. The van der Waals surface area contributed by atoms with Crippen molar-refractivity contribution in [2.45, 2.75) is 18.9 Å². The minimum absolute atomic E-state index is 0.0855. The molecule has 2 aromatic rings. The summed E-state index contributed by atoms with van der Waals surface area (Å²) in [6, 6.07) is 8.09. The molecule has 21 heavy (non-hydrogen) atoms. The number of pyridine rings is 1. The lowest BCUT2D eigenvalue weighted by Crippen LogP contribution is -2.37. The van der Waals surface area contributed by atoms with Crippen molar-refractivity contribution in [2.75, 3.05) is 36.9 Å². The lowest BCUT2D eigenvalue weighted by molar-refractivity contribution is 0.0159. The first-order valence-electron chi connectivity index (χ1n) is 7.40. The molecule has 1 aromatic heterocycles. The number of ether oxygens (including phenoxy) is 1. The van der Waals surface area contributed by atoms with Crippen LogP contribution in [-0.2, 0) is 4.74 Å². The quantitative estimate of drug-likeness (QED) is 0.897. The van der Waals surface area contributed by atoms with Gasteiger partial charge in [-0.1, -0.05) is 18.2 Å². The van der Waals surface area contributed by atoms with Gasteiger partial charge < -0.3 is 20.5 Å². The van der Waals surface area contributed by atoms with E-state index in [4.69, 9.17) is 15.6 Å². The second-order valence-electron chi connectivity index (χ2n) is 5.36. The normalized spacial score (nSPS) is 16.5. The number of nitrogen functional groups attached to an aromatic ring is 1. The van der Waals surface area contributed by atoms with Crippen LogP contribution in [0.3, 0.4) is 0 Å². The summed E-state index contributed by atoms with van der Waals surface area (Å²) in [6.45, 7) is 2.33. The topological polar surface area (TPSA) is 71.6 Å². The molecular formula is C16H21N3O2. The summed E-state index contributed by atoms with van der Waals surface area (Å²) in [4.78, 5) is 6.71. The predicted octanol–water partition coefficient (Wildman–Crippen LogP) is 1.79. The van der Waals surface area contributed by atoms with Crippen molar-refractivity contribution in [3.05, 3.63) is 30.5 Å². The molecule has 0 bridgehead atoms. The van der Waals surface area contributed by atoms with Crippen LogP contribution in [0, 0.1) is 0 Å². The lowest BCUT2D eigenvalue weighted by Gasteiger charge is -2.34. The molecule has 5 nitrogen and oxygen atoms in total. The second-order valence-corrected chi connectivity index (χ2v) is 5.36. The van der Waals surface area contributed by atoms with Crippen LogP contribution < -0.4 is 10.6 Å². The Kier molecular flexibility index (Phi) is 4.22. The highest BCUT2D eigenvalue weighted by atomic mass is 16.5. The molecule has 0 radical (unpaired) electrons. The van der Waals surface area contributed by atoms with Gasteiger partial charge in [0.2, 0.25) is 0 Å². The summed E-state index contributed by atoms with van der Waals surface area (Å²) in [5.41, 5.74) is 8.95. The number of nitrogens with zero attached hydrogens (tertiary/aromatic N) is 2. The first-order chi connectivity index (χ1) is 10.3. The average Bonchev–Trinajstić information content (AvgIpc) is 2.53. The zero-order valence-electron chi connectivity index (χ0n) is 12.0. The van der Waals surface area contributed by atoms with Crippen molar-refractivity contribution in [3.8, 4) is 0 Å². The molecule has 0 spiro atoms. The van der Waals surface area contributed by atoms with Crippen LogP contribution in [0.2, 0.25) is 0 Å². The van der Waals surface area contributed by atoms with E-state index in [0.717, 1.165) is 48.2 Å². The maximum atomic E-state index is 8.82. The maximum Gasteiger partial charge on any atom is 0.0745 e. The Balaban J connectivity index is 1.80. The van der Waals surface area contributed by atoms with E-state index in [-0.39, 0.29) is 12.7 Å². The number of para-hydroxylation sites is 1. The van der Waals surface area contributed by atoms with Gasteiger partial charge in [0.05, 0.1) is 42.4 Å². The summed E-state index contributed by atoms with van der Waals surface area (Å²) >= 11 is 0. The molecule has 5 heteroatoms. The van der Waals surface area contributed by atoms with Crippen LogP contribution in [0.4, 0.5) is 11.4 Å². The Morgan fingerprint density at radius 2 is 2.05 bits per heavy atom. The van der Waals surface area contributed by atoms with E-state index in [9.17, 15) is 0 Å². The van der Waals surface area contributed by atoms with Crippen LogP contribution >= 0.6 is 0 Å². The van der Waals surface area contributed by atoms with Crippen molar-refractivity contribution < 1.29 is 9.84 Å². The number of aliphatic hydroxyl groups is 1. The SMILES string of the molecule is Nc1cnc2ccccc2c1N1CCC(OCCO)CC1. The smallest absolute Gasteiger partial charge is 0.0745 e. The Bertz CT molecular complexity index is 609. The number of nitrogens with two attached hydrogens (primary N) is 1. The minimum Gasteiger partial charge on any atom is -0.396 e. The summed E-state index contributed by atoms with van der Waals surface area (Å²) < 4.78 is 5.61. The number of hydrogen-bond donors (Lipinski definition) is 2. The highest BCUT2D eigenvalue weighted by Gasteiger charge is 2.22. The minimum atomic E-state index is 0.0855. The number of rotatable bonds is 4. The van der Waals surface area contributed by atoms with Crippen molar-refractivity contribution >= 4 is 22.3 Å². The van der Waals surface area contributed by atoms with Crippen LogP contribution in [-0.4, -0.2) is 42.5 Å². The zero-order valence-corrected chi connectivity index (χ0v) is 12.0. The highest BCUT2D eigenvalue weighted by Crippen LogP contribution is 2.33. The first-order valence-corrected chi connectivity index (χ1v) is 7.40. The molecule has 3 rings (SSSR count). The predicted molar refractivity (Wildman–Crippen MR) is 84.4 cm³/mol. The van der Waals surface area contributed by atoms with Gasteiger partial charge in [-0.05, 0) is 18.9 Å². The van der Waals surface area contributed by atoms with Crippen LogP contribution in [0.5, 0.6) is 0 Å². The number of aliphatic hydroxyl groups excluding tert-OH is 1. The Labute approximate surface area is 124 Å². The van der Waals surface area contributed by atoms with E-state index >= 15 is 0 Å². The van der Waals surface area contributed by atoms with Crippen molar-refractivity contribution in [2.24, 2.45) is 0 Å². The third kappa shape index (κ3) is 2.94. The van der Waals surface area contributed by atoms with Gasteiger partial charge in [-0.3, -0.25) is 4.98 Å². The van der Waals surface area contributed by atoms with Gasteiger partial charge in [0.15, 0.2) is 0 Å². The highest BCUT2D eigenvalue weighted by molar-refractivity contribution is 5.97. The molecule has 0 amide bonds. The molecule has 0 atom stereocenters. The Hall–Kier alpha value is -1.85. The molecule has 1 aromatic carbocycles. The third-order valence-corrected chi connectivity index (χ3v) is 3.98. The number of hydrogen-bond acceptors (Lipinski definition) is 5. The Morgan fingerprint density at radius 1 is 1.29 bits per heavy atom. The molecule has 1 aliphatic heterocycles. The fraction of sp³-hybridized carbons (Fsp3) is 0.438. The molecule has 2 heterocycles. The summed E-state index contributed by atoms with van der Waals surface area (Å²) in [6.07, 6.45) is 3.89. The summed E-state index contributed by atoms with van der Waals surface area (Å²) in [5.74, 6) is 0. The number of benzene rings is 1. The largest absolute Gasteiger partial charge is 0.396 e. The van der Waals surface area contributed by atoms with Crippen molar-refractivity contribution in [1.29, 1.82) is 0 Å². The third-order valence-electron chi connectivity index (χ3n) is 3.98. The molecule has 1 saturated heterocycles. The number of aromatic nitrogens is 1. The van der Waals surface area contributed by atoms with Gasteiger partial charge in [0, 0.05) is 18.5 Å². The standard InChI is InChI=1S/C16H21N3O2/c17-14-11-18-15-4-2-1-3-13(15)16(14)19-7-5-12(6-8-19)21-10-9-20/h1-4,11-12,20H,5-10,17H2. The van der Waals surface area contributed by atoms with Gasteiger partial charge >= 0.3 is 0 Å². The summed E-state index contributed by atoms with van der Waals surface area (Å²) in [5, 5.41) is 9.93. The van der Waals surface area contributed by atoms with E-state index in [2.05, 4.69) is 16.0 Å². The van der Waals surface area contributed by atoms with E-state index in [1.807, 2.05) is 18.2 Å². The molecule has 1 fully saturated rings. The van der Waals surface area contributed by atoms with Gasteiger partial charge in [-0.15, -0.1) is 0 Å². The fourth-order valence-electron chi connectivity index (χ4n) is 2.96. The molecule has 1 aliphatic rings. The van der Waals surface area contributed by atoms with E-state index < -0.39 is 0 Å². The molecule has 3 N–H and O–H groups in total. The van der Waals surface area contributed by atoms with Crippen molar-refractivity contribution in [3.63, 3.8) is 0 Å². The van der Waals surface area contributed by atoms with Gasteiger partial charge in [0.1, 0.15) is 0 Å². The molecule has 0 saturated carbocycles. The average molecular weight is 287 g/mol. The van der Waals surface area contributed by atoms with Crippen molar-refractivity contribution in [1.82, 2.24) is 4.98 Å². The molecule has 0 aliphatic carbocycles. The van der Waals surface area contributed by atoms with E-state index in [0.29, 0.717) is 6.61 Å². The lowest BCUT2D eigenvalue weighted by atomic mass is 10.0. The molecule has 0 unspecified atom stereocenters.